The molecule has 128 valence electrons. The molecule has 0 saturated carbocycles. The Balaban J connectivity index is 1.79. The van der Waals surface area contributed by atoms with Gasteiger partial charge in [-0.3, -0.25) is 4.79 Å². The fourth-order valence-electron chi connectivity index (χ4n) is 3.46. The first-order valence-electron chi connectivity index (χ1n) is 8.80. The summed E-state index contributed by atoms with van der Waals surface area (Å²) in [5.41, 5.74) is 2.88. The first-order valence-corrected chi connectivity index (χ1v) is 8.80. The Kier molecular flexibility index (Phi) is 4.18. The van der Waals surface area contributed by atoms with Crippen LogP contribution in [0.15, 0.2) is 96.6 Å². The molecule has 1 aliphatic rings. The lowest BCUT2D eigenvalue weighted by Crippen LogP contribution is -2.21. The minimum absolute atomic E-state index is 0.0316. The Morgan fingerprint density at radius 1 is 0.808 bits per heavy atom. The van der Waals surface area contributed by atoms with E-state index < -0.39 is 5.60 Å². The van der Waals surface area contributed by atoms with Crippen molar-refractivity contribution >= 4 is 11.5 Å². The van der Waals surface area contributed by atoms with Crippen molar-refractivity contribution in [1.82, 2.24) is 0 Å². The normalized spacial score (nSPS) is 19.3. The summed E-state index contributed by atoms with van der Waals surface area (Å²) >= 11 is 0. The van der Waals surface area contributed by atoms with E-state index in [0.717, 1.165) is 16.7 Å². The molecule has 4 rings (SSSR count). The average Bonchev–Trinajstić information content (AvgIpc) is 3.08. The van der Waals surface area contributed by atoms with Gasteiger partial charge in [-0.1, -0.05) is 91.0 Å². The number of hydrogen-bond acceptors (Lipinski definition) is 2. The molecule has 1 atom stereocenters. The molecule has 1 aliphatic heterocycles. The van der Waals surface area contributed by atoms with Gasteiger partial charge in [-0.15, -0.1) is 0 Å². The highest BCUT2D eigenvalue weighted by atomic mass is 16.5. The number of carbonyl (C=O) groups is 1. The summed E-state index contributed by atoms with van der Waals surface area (Å²) < 4.78 is 6.44. The van der Waals surface area contributed by atoms with Crippen LogP contribution in [0.1, 0.15) is 34.8 Å². The lowest BCUT2D eigenvalue weighted by molar-refractivity contribution is 0.0763. The van der Waals surface area contributed by atoms with E-state index >= 15 is 0 Å². The summed E-state index contributed by atoms with van der Waals surface area (Å²) in [7, 11) is 0. The van der Waals surface area contributed by atoms with Crippen LogP contribution >= 0.6 is 0 Å². The SMILES string of the molecule is C[C@]1(c2ccccc2)CC(C(=O)c2ccccc2)=C(c2ccccc2)O1. The second-order valence-corrected chi connectivity index (χ2v) is 6.74. The van der Waals surface area contributed by atoms with E-state index in [-0.39, 0.29) is 5.78 Å². The highest BCUT2D eigenvalue weighted by Crippen LogP contribution is 2.46. The molecule has 0 N–H and O–H groups in total. The van der Waals surface area contributed by atoms with Crippen molar-refractivity contribution in [1.29, 1.82) is 0 Å². The smallest absolute Gasteiger partial charge is 0.192 e. The predicted octanol–water partition coefficient (Wildman–Crippen LogP) is 5.62. The number of benzene rings is 3. The zero-order valence-corrected chi connectivity index (χ0v) is 14.7. The van der Waals surface area contributed by atoms with E-state index in [2.05, 4.69) is 19.1 Å². The van der Waals surface area contributed by atoms with Crippen molar-refractivity contribution in [3.8, 4) is 0 Å². The summed E-state index contributed by atoms with van der Waals surface area (Å²) in [5.74, 6) is 0.718. The van der Waals surface area contributed by atoms with Crippen LogP contribution in [0.3, 0.4) is 0 Å². The predicted molar refractivity (Wildman–Crippen MR) is 104 cm³/mol. The molecule has 3 aromatic carbocycles. The molecule has 3 aromatic rings. The minimum Gasteiger partial charge on any atom is -0.481 e. The molecule has 0 fully saturated rings. The van der Waals surface area contributed by atoms with Crippen molar-refractivity contribution in [2.75, 3.05) is 0 Å². The molecule has 1 heterocycles. The highest BCUT2D eigenvalue weighted by molar-refractivity contribution is 6.13. The van der Waals surface area contributed by atoms with Crippen molar-refractivity contribution in [2.45, 2.75) is 18.9 Å². The first-order chi connectivity index (χ1) is 12.7. The fourth-order valence-corrected chi connectivity index (χ4v) is 3.46. The quantitative estimate of drug-likeness (QED) is 0.577. The van der Waals surface area contributed by atoms with E-state index in [9.17, 15) is 4.79 Å². The van der Waals surface area contributed by atoms with Crippen LogP contribution < -0.4 is 0 Å². The zero-order valence-electron chi connectivity index (χ0n) is 14.7. The van der Waals surface area contributed by atoms with Crippen molar-refractivity contribution in [2.24, 2.45) is 0 Å². The Morgan fingerprint density at radius 3 is 1.96 bits per heavy atom. The van der Waals surface area contributed by atoms with Gasteiger partial charge in [0.25, 0.3) is 0 Å². The van der Waals surface area contributed by atoms with E-state index in [1.54, 1.807) is 0 Å². The fraction of sp³-hybridized carbons (Fsp3) is 0.125. The van der Waals surface area contributed by atoms with Gasteiger partial charge in [-0.2, -0.15) is 0 Å². The van der Waals surface area contributed by atoms with Gasteiger partial charge in [0.05, 0.1) is 0 Å². The van der Waals surface area contributed by atoms with Crippen LogP contribution in [0.25, 0.3) is 5.76 Å². The van der Waals surface area contributed by atoms with Gasteiger partial charge in [0, 0.05) is 23.1 Å². The third-order valence-electron chi connectivity index (χ3n) is 4.85. The Bertz CT molecular complexity index is 943. The van der Waals surface area contributed by atoms with Gasteiger partial charge < -0.3 is 4.74 Å². The van der Waals surface area contributed by atoms with Crippen molar-refractivity contribution < 1.29 is 9.53 Å². The maximum Gasteiger partial charge on any atom is 0.192 e. The molecule has 2 heteroatoms. The largest absolute Gasteiger partial charge is 0.481 e. The number of ketones is 1. The van der Waals surface area contributed by atoms with Gasteiger partial charge >= 0.3 is 0 Å². The molecule has 0 radical (unpaired) electrons. The first kappa shape index (κ1) is 16.3. The van der Waals surface area contributed by atoms with E-state index in [1.165, 1.54) is 0 Å². The number of rotatable bonds is 4. The topological polar surface area (TPSA) is 26.3 Å². The highest BCUT2D eigenvalue weighted by Gasteiger charge is 2.41. The van der Waals surface area contributed by atoms with Crippen LogP contribution in [0, 0.1) is 0 Å². The van der Waals surface area contributed by atoms with Gasteiger partial charge in [0.15, 0.2) is 5.78 Å². The molecule has 0 aromatic heterocycles. The van der Waals surface area contributed by atoms with Gasteiger partial charge in [-0.05, 0) is 12.5 Å². The number of Topliss-reactive ketones (excluding diaryl/α,β-unsaturated/α-hetero) is 1. The lowest BCUT2D eigenvalue weighted by Gasteiger charge is -2.26. The third kappa shape index (κ3) is 2.95. The second kappa shape index (κ2) is 6.64. The molecule has 0 spiro atoms. The summed E-state index contributed by atoms with van der Waals surface area (Å²) in [6.07, 6.45) is 0.551. The summed E-state index contributed by atoms with van der Waals surface area (Å²) in [5, 5.41) is 0. The number of hydrogen-bond donors (Lipinski definition) is 0. The van der Waals surface area contributed by atoms with E-state index in [4.69, 9.17) is 4.74 Å². The molecule has 0 unspecified atom stereocenters. The Hall–Kier alpha value is -3.13. The third-order valence-corrected chi connectivity index (χ3v) is 4.85. The average molecular weight is 340 g/mol. The summed E-state index contributed by atoms with van der Waals surface area (Å²) in [6.45, 7) is 2.05. The van der Waals surface area contributed by atoms with Crippen LogP contribution in [-0.4, -0.2) is 5.78 Å². The van der Waals surface area contributed by atoms with Crippen molar-refractivity contribution in [3.05, 3.63) is 113 Å². The zero-order chi connectivity index (χ0) is 18.0. The van der Waals surface area contributed by atoms with Crippen LogP contribution in [0.2, 0.25) is 0 Å². The van der Waals surface area contributed by atoms with Gasteiger partial charge in [-0.25, -0.2) is 0 Å². The standard InChI is InChI=1S/C24H20O2/c1-24(20-15-9-4-10-16-20)17-21(22(25)18-11-5-2-6-12-18)23(26-24)19-13-7-3-8-14-19/h2-16H,17H2,1H3/t24-/m1/s1. The second-order valence-electron chi connectivity index (χ2n) is 6.74. The molecule has 0 amide bonds. The minimum atomic E-state index is -0.549. The molecular formula is C24H20O2. The Morgan fingerprint density at radius 2 is 1.35 bits per heavy atom. The molecular weight excluding hydrogens is 320 g/mol. The monoisotopic (exact) mass is 340 g/mol. The van der Waals surface area contributed by atoms with Crippen LogP contribution in [0.5, 0.6) is 0 Å². The molecule has 0 aliphatic carbocycles. The maximum atomic E-state index is 13.2. The summed E-state index contributed by atoms with van der Waals surface area (Å²) in [4.78, 5) is 13.2. The van der Waals surface area contributed by atoms with E-state index in [1.807, 2.05) is 78.9 Å². The van der Waals surface area contributed by atoms with Gasteiger partial charge in [0.2, 0.25) is 0 Å². The number of ether oxygens (including phenoxy) is 1. The lowest BCUT2D eigenvalue weighted by atomic mass is 9.87. The molecule has 2 nitrogen and oxygen atoms in total. The molecule has 0 saturated heterocycles. The van der Waals surface area contributed by atoms with E-state index in [0.29, 0.717) is 17.7 Å². The molecule has 0 bridgehead atoms. The number of carbonyl (C=O) groups excluding carboxylic acids is 1. The van der Waals surface area contributed by atoms with Crippen molar-refractivity contribution in [3.63, 3.8) is 0 Å². The van der Waals surface area contributed by atoms with Crippen LogP contribution in [-0.2, 0) is 10.3 Å². The van der Waals surface area contributed by atoms with Gasteiger partial charge in [0.1, 0.15) is 11.4 Å². The molecule has 26 heavy (non-hydrogen) atoms. The Labute approximate surface area is 153 Å². The van der Waals surface area contributed by atoms with Crippen LogP contribution in [0.4, 0.5) is 0 Å². The summed E-state index contributed by atoms with van der Waals surface area (Å²) in [6, 6.07) is 29.4. The maximum absolute atomic E-state index is 13.2.